The molecule has 5 rings (SSSR count). The number of hydrogen-bond acceptors (Lipinski definition) is 7. The van der Waals surface area contributed by atoms with Crippen LogP contribution in [0.2, 0.25) is 0 Å². The normalized spacial score (nSPS) is 14.6. The van der Waals surface area contributed by atoms with Crippen LogP contribution in [0.15, 0.2) is 60.7 Å². The maximum absolute atomic E-state index is 15.1. The van der Waals surface area contributed by atoms with Gasteiger partial charge < -0.3 is 15.2 Å². The van der Waals surface area contributed by atoms with Crippen LogP contribution < -0.4 is 5.32 Å². The maximum Gasteiger partial charge on any atom is 0.307 e. The lowest BCUT2D eigenvalue weighted by Gasteiger charge is -2.15. The van der Waals surface area contributed by atoms with E-state index in [1.165, 1.54) is 29.0 Å². The lowest BCUT2D eigenvalue weighted by Crippen LogP contribution is -2.34. The van der Waals surface area contributed by atoms with Crippen LogP contribution in [0.5, 0.6) is 0 Å². The number of rotatable bonds is 8. The van der Waals surface area contributed by atoms with Crippen LogP contribution in [0.1, 0.15) is 37.4 Å². The zero-order chi connectivity index (χ0) is 26.2. The van der Waals surface area contributed by atoms with Crippen LogP contribution in [0.25, 0.3) is 20.9 Å². The number of ether oxygens (including phenoxy) is 1. The Morgan fingerprint density at radius 2 is 1.86 bits per heavy atom. The summed E-state index contributed by atoms with van der Waals surface area (Å²) in [5, 5.41) is 11.8. The first-order valence-electron chi connectivity index (χ1n) is 11.6. The summed E-state index contributed by atoms with van der Waals surface area (Å²) >= 11 is 1.28. The van der Waals surface area contributed by atoms with Gasteiger partial charge in [-0.1, -0.05) is 41.7 Å². The summed E-state index contributed by atoms with van der Waals surface area (Å²) in [6.07, 6.45) is -0.201. The minimum atomic E-state index is -1.53. The van der Waals surface area contributed by atoms with Gasteiger partial charge in [0, 0.05) is 23.6 Å². The third-order valence-corrected chi connectivity index (χ3v) is 7.25. The molecule has 0 aliphatic heterocycles. The van der Waals surface area contributed by atoms with Gasteiger partial charge in [0.15, 0.2) is 6.10 Å². The van der Waals surface area contributed by atoms with E-state index in [0.717, 1.165) is 31.5 Å². The van der Waals surface area contributed by atoms with Gasteiger partial charge in [0.1, 0.15) is 21.2 Å². The average molecular weight is 520 g/mol. The van der Waals surface area contributed by atoms with Crippen molar-refractivity contribution in [2.24, 2.45) is 0 Å². The number of aromatic nitrogens is 2. The van der Waals surface area contributed by atoms with Gasteiger partial charge in [-0.15, -0.1) is 0 Å². The molecule has 0 bridgehead atoms. The summed E-state index contributed by atoms with van der Waals surface area (Å²) in [7, 11) is 0. The standard InChI is InChI=1S/C27H22FN3O5S/c1-15(32)36-21(14-23(33)34)24(35)29-17-7-8-18(19(28)13-17)25-30-20-9-10-22(31-26(20)37-25)27(11-12-27)16-5-3-2-4-6-16/h2-10,13,21H,11-12,14H2,1H3,(H,29,35)(H,33,34)/t21-/m0/s1. The number of halogens is 1. The Morgan fingerprint density at radius 1 is 1.11 bits per heavy atom. The number of carbonyl (C=O) groups excluding carboxylic acids is 2. The van der Waals surface area contributed by atoms with Crippen LogP contribution in [0, 0.1) is 5.82 Å². The Kier molecular flexibility index (Phi) is 6.43. The van der Waals surface area contributed by atoms with Crippen molar-refractivity contribution >= 4 is 45.2 Å². The quantitative estimate of drug-likeness (QED) is 0.317. The molecular formula is C27H22FN3O5S. The average Bonchev–Trinajstić information content (AvgIpc) is 3.56. The summed E-state index contributed by atoms with van der Waals surface area (Å²) in [5.41, 5.74) is 3.12. The van der Waals surface area contributed by atoms with Gasteiger partial charge in [0.25, 0.3) is 5.91 Å². The van der Waals surface area contributed by atoms with Gasteiger partial charge >= 0.3 is 11.9 Å². The Morgan fingerprint density at radius 3 is 2.51 bits per heavy atom. The van der Waals surface area contributed by atoms with E-state index >= 15 is 4.39 Å². The van der Waals surface area contributed by atoms with E-state index in [4.69, 9.17) is 14.8 Å². The molecule has 37 heavy (non-hydrogen) atoms. The third kappa shape index (κ3) is 5.05. The fourth-order valence-electron chi connectivity index (χ4n) is 4.31. The summed E-state index contributed by atoms with van der Waals surface area (Å²) in [4.78, 5) is 44.7. The number of pyridine rings is 1. The highest BCUT2D eigenvalue weighted by Gasteiger charge is 2.47. The highest BCUT2D eigenvalue weighted by Crippen LogP contribution is 2.53. The molecular weight excluding hydrogens is 497 g/mol. The number of aliphatic carboxylic acids is 1. The van der Waals surface area contributed by atoms with E-state index in [1.807, 2.05) is 30.3 Å². The summed E-state index contributed by atoms with van der Waals surface area (Å²) in [5.74, 6) is -3.60. The van der Waals surface area contributed by atoms with Gasteiger partial charge in [-0.05, 0) is 48.7 Å². The monoisotopic (exact) mass is 519 g/mol. The van der Waals surface area contributed by atoms with Gasteiger partial charge in [-0.25, -0.2) is 14.4 Å². The number of fused-ring (bicyclic) bond motifs is 1. The van der Waals surface area contributed by atoms with Crippen LogP contribution in [-0.2, 0) is 24.5 Å². The molecule has 2 aromatic heterocycles. The van der Waals surface area contributed by atoms with E-state index in [9.17, 15) is 14.4 Å². The number of nitrogens with zero attached hydrogens (tertiary/aromatic N) is 2. The molecule has 8 nitrogen and oxygen atoms in total. The SMILES string of the molecule is CC(=O)O[C@@H](CC(=O)O)C(=O)Nc1ccc(-c2nc3ccc(C4(c5ccccc5)CC4)nc3s2)c(F)c1. The van der Waals surface area contributed by atoms with Crippen molar-refractivity contribution in [1.82, 2.24) is 9.97 Å². The molecule has 10 heteroatoms. The molecule has 0 saturated heterocycles. The summed E-state index contributed by atoms with van der Waals surface area (Å²) in [6, 6.07) is 18.2. The predicted molar refractivity (Wildman–Crippen MR) is 136 cm³/mol. The minimum Gasteiger partial charge on any atom is -0.481 e. The molecule has 188 valence electrons. The molecule has 2 aromatic carbocycles. The molecule has 1 aliphatic carbocycles. The van der Waals surface area contributed by atoms with Crippen molar-refractivity contribution in [2.45, 2.75) is 37.7 Å². The number of carboxylic acids is 1. The van der Waals surface area contributed by atoms with Crippen LogP contribution in [-0.4, -0.2) is 39.0 Å². The molecule has 2 heterocycles. The number of hydrogen-bond donors (Lipinski definition) is 2. The smallest absolute Gasteiger partial charge is 0.307 e. The van der Waals surface area contributed by atoms with E-state index in [-0.39, 0.29) is 16.7 Å². The minimum absolute atomic E-state index is 0.0880. The molecule has 0 radical (unpaired) electrons. The molecule has 1 amide bonds. The lowest BCUT2D eigenvalue weighted by atomic mass is 9.92. The second kappa shape index (κ2) is 9.70. The molecule has 4 aromatic rings. The topological polar surface area (TPSA) is 118 Å². The van der Waals surface area contributed by atoms with Crippen molar-refractivity contribution < 1.29 is 28.6 Å². The fourth-order valence-corrected chi connectivity index (χ4v) is 5.27. The van der Waals surface area contributed by atoms with Crippen molar-refractivity contribution in [3.8, 4) is 10.6 Å². The number of thiazole rings is 1. The third-order valence-electron chi connectivity index (χ3n) is 6.25. The zero-order valence-corrected chi connectivity index (χ0v) is 20.5. The Bertz CT molecular complexity index is 1500. The zero-order valence-electron chi connectivity index (χ0n) is 19.7. The van der Waals surface area contributed by atoms with E-state index in [2.05, 4.69) is 22.4 Å². The van der Waals surface area contributed by atoms with Gasteiger partial charge in [0.2, 0.25) is 0 Å². The summed E-state index contributed by atoms with van der Waals surface area (Å²) < 4.78 is 19.8. The van der Waals surface area contributed by atoms with E-state index in [0.29, 0.717) is 15.4 Å². The Labute approximate surface area is 215 Å². The van der Waals surface area contributed by atoms with Gasteiger partial charge in [-0.2, -0.15) is 0 Å². The Hall–Kier alpha value is -4.18. The van der Waals surface area contributed by atoms with Gasteiger partial charge in [0.05, 0.1) is 12.1 Å². The van der Waals surface area contributed by atoms with Crippen molar-refractivity contribution in [3.05, 3.63) is 77.7 Å². The number of benzene rings is 2. The van der Waals surface area contributed by atoms with E-state index < -0.39 is 36.2 Å². The Balaban J connectivity index is 1.37. The molecule has 0 spiro atoms. The number of carbonyl (C=O) groups is 3. The van der Waals surface area contributed by atoms with Crippen molar-refractivity contribution in [2.75, 3.05) is 5.32 Å². The lowest BCUT2D eigenvalue weighted by molar-refractivity contribution is -0.156. The highest BCUT2D eigenvalue weighted by molar-refractivity contribution is 7.21. The van der Waals surface area contributed by atoms with Crippen molar-refractivity contribution in [1.29, 1.82) is 0 Å². The van der Waals surface area contributed by atoms with Crippen LogP contribution in [0.3, 0.4) is 0 Å². The van der Waals surface area contributed by atoms with E-state index in [1.54, 1.807) is 0 Å². The molecule has 1 atom stereocenters. The number of carboxylic acid groups (broad SMARTS) is 1. The number of nitrogens with one attached hydrogen (secondary N) is 1. The molecule has 0 unspecified atom stereocenters. The molecule has 2 N–H and O–H groups in total. The fraction of sp³-hybridized carbons (Fsp3) is 0.222. The first-order valence-corrected chi connectivity index (χ1v) is 12.4. The maximum atomic E-state index is 15.1. The largest absolute Gasteiger partial charge is 0.481 e. The highest BCUT2D eigenvalue weighted by atomic mass is 32.1. The number of anilines is 1. The second-order valence-corrected chi connectivity index (χ2v) is 9.85. The number of amides is 1. The van der Waals surface area contributed by atoms with Crippen molar-refractivity contribution in [3.63, 3.8) is 0 Å². The molecule has 1 saturated carbocycles. The molecule has 1 fully saturated rings. The van der Waals surface area contributed by atoms with Crippen LogP contribution in [0.4, 0.5) is 10.1 Å². The first-order chi connectivity index (χ1) is 17.7. The van der Waals surface area contributed by atoms with Crippen LogP contribution >= 0.6 is 11.3 Å². The number of esters is 1. The second-order valence-electron chi connectivity index (χ2n) is 8.87. The first kappa shape index (κ1) is 24.5. The predicted octanol–water partition coefficient (Wildman–Crippen LogP) is 4.92. The van der Waals surface area contributed by atoms with Gasteiger partial charge in [-0.3, -0.25) is 14.4 Å². The summed E-state index contributed by atoms with van der Waals surface area (Å²) in [6.45, 7) is 1.07. The molecule has 1 aliphatic rings.